The number of nitrogens with zero attached hydrogens (tertiary/aromatic N) is 3. The summed E-state index contributed by atoms with van der Waals surface area (Å²) in [5.41, 5.74) is 1.86. The van der Waals surface area contributed by atoms with Crippen LogP contribution in [-0.2, 0) is 14.3 Å². The van der Waals surface area contributed by atoms with Gasteiger partial charge in [0.2, 0.25) is 5.60 Å². The first kappa shape index (κ1) is 18.4. The quantitative estimate of drug-likeness (QED) is 0.671. The summed E-state index contributed by atoms with van der Waals surface area (Å²) >= 11 is 0. The zero-order chi connectivity index (χ0) is 21.4. The molecule has 9 heteroatoms. The number of aliphatic hydroxyl groups excluding tert-OH is 1. The number of methoxy groups -OCH3 is 2. The highest BCUT2D eigenvalue weighted by Crippen LogP contribution is 2.78. The van der Waals surface area contributed by atoms with E-state index in [0.717, 1.165) is 17.9 Å². The van der Waals surface area contributed by atoms with Crippen molar-refractivity contribution in [2.24, 2.45) is 0 Å². The summed E-state index contributed by atoms with van der Waals surface area (Å²) in [6.45, 7) is 0.203. The number of hydrogen-bond donors (Lipinski definition) is 1. The molecular weight excluding hydrogens is 402 g/mol. The smallest absolute Gasteiger partial charge is 0.206 e. The van der Waals surface area contributed by atoms with E-state index in [9.17, 15) is 10.4 Å². The number of hydrogen-bond acceptors (Lipinski definition) is 9. The minimum absolute atomic E-state index is 0.0419. The molecule has 2 spiro atoms. The van der Waals surface area contributed by atoms with E-state index in [1.165, 1.54) is 20.4 Å². The minimum Gasteiger partial charge on any atom is -0.493 e. The maximum Gasteiger partial charge on any atom is 0.206 e. The van der Waals surface area contributed by atoms with Crippen LogP contribution >= 0.6 is 0 Å². The number of anilines is 1. The Morgan fingerprint density at radius 1 is 1.26 bits per heavy atom. The lowest BCUT2D eigenvalue weighted by Gasteiger charge is -2.43. The second kappa shape index (κ2) is 6.11. The van der Waals surface area contributed by atoms with Crippen molar-refractivity contribution < 1.29 is 28.9 Å². The van der Waals surface area contributed by atoms with Gasteiger partial charge in [0.15, 0.2) is 17.1 Å². The molecule has 0 bridgehead atoms. The number of aromatic nitrogens is 1. The van der Waals surface area contributed by atoms with Crippen LogP contribution in [-0.4, -0.2) is 54.8 Å². The largest absolute Gasteiger partial charge is 0.493 e. The van der Waals surface area contributed by atoms with Crippen LogP contribution in [0.15, 0.2) is 41.9 Å². The number of nitriles is 1. The summed E-state index contributed by atoms with van der Waals surface area (Å²) in [7, 11) is 3.04. The van der Waals surface area contributed by atoms with E-state index >= 15 is 0 Å². The van der Waals surface area contributed by atoms with Crippen molar-refractivity contribution in [3.05, 3.63) is 47.5 Å². The van der Waals surface area contributed by atoms with Crippen LogP contribution in [0.5, 0.6) is 11.5 Å². The van der Waals surface area contributed by atoms with Crippen molar-refractivity contribution in [2.75, 3.05) is 32.5 Å². The number of aliphatic hydroxyl groups is 1. The molecule has 31 heavy (non-hydrogen) atoms. The first-order valence-electron chi connectivity index (χ1n) is 9.89. The standard InChI is InChI=1S/C22H19N3O6/c1-27-9-13(26)10-29-17-6-15-14(5-16(17)28-2)20(12(7-23)8-24-15)25-18-3-4-19-22(30-19)11-21(18,22)31-25/h3-6,8,13,26H,9-11H2,1-2H3/t13-,21?,22?/m1/s1. The Morgan fingerprint density at radius 3 is 2.90 bits per heavy atom. The Labute approximate surface area is 177 Å². The summed E-state index contributed by atoms with van der Waals surface area (Å²) < 4.78 is 21.9. The Morgan fingerprint density at radius 2 is 2.13 bits per heavy atom. The summed E-state index contributed by atoms with van der Waals surface area (Å²) in [4.78, 5) is 10.6. The topological polar surface area (TPSA) is 110 Å². The predicted molar refractivity (Wildman–Crippen MR) is 107 cm³/mol. The molecule has 6 rings (SSSR count). The Hall–Kier alpha value is -3.32. The molecule has 1 saturated carbocycles. The number of pyridine rings is 1. The number of epoxide rings is 1. The first-order chi connectivity index (χ1) is 15.1. The van der Waals surface area contributed by atoms with Gasteiger partial charge in [0.25, 0.3) is 0 Å². The molecule has 2 unspecified atom stereocenters. The molecule has 1 aromatic carbocycles. The highest BCUT2D eigenvalue weighted by atomic mass is 16.8. The molecule has 158 valence electrons. The highest BCUT2D eigenvalue weighted by molar-refractivity contribution is 5.97. The van der Waals surface area contributed by atoms with E-state index < -0.39 is 11.7 Å². The molecule has 1 N–H and O–H groups in total. The Balaban J connectivity index is 1.40. The van der Waals surface area contributed by atoms with Gasteiger partial charge in [-0.05, 0) is 18.2 Å². The molecule has 0 amide bonds. The fourth-order valence-electron chi connectivity index (χ4n) is 4.53. The van der Waals surface area contributed by atoms with Crippen LogP contribution in [0, 0.1) is 11.3 Å². The number of benzene rings is 1. The van der Waals surface area contributed by atoms with Gasteiger partial charge in [-0.3, -0.25) is 9.82 Å². The monoisotopic (exact) mass is 421 g/mol. The van der Waals surface area contributed by atoms with Crippen LogP contribution in [0.2, 0.25) is 0 Å². The maximum atomic E-state index is 9.89. The van der Waals surface area contributed by atoms with E-state index in [1.54, 1.807) is 17.2 Å². The number of rotatable bonds is 7. The third-order valence-electron chi connectivity index (χ3n) is 6.18. The van der Waals surface area contributed by atoms with Crippen molar-refractivity contribution in [1.29, 1.82) is 5.26 Å². The molecule has 3 heterocycles. The molecule has 2 aromatic rings. The molecule has 0 radical (unpaired) electrons. The molecular formula is C22H19N3O6. The third kappa shape index (κ3) is 2.32. The van der Waals surface area contributed by atoms with Gasteiger partial charge in [-0.1, -0.05) is 0 Å². The zero-order valence-corrected chi connectivity index (χ0v) is 16.9. The fourth-order valence-corrected chi connectivity index (χ4v) is 4.53. The number of fused-ring (bicyclic) bond motifs is 1. The van der Waals surface area contributed by atoms with Gasteiger partial charge in [0, 0.05) is 31.2 Å². The highest BCUT2D eigenvalue weighted by Gasteiger charge is 2.91. The Bertz CT molecular complexity index is 1230. The van der Waals surface area contributed by atoms with E-state index in [1.807, 2.05) is 12.2 Å². The minimum atomic E-state index is -0.771. The van der Waals surface area contributed by atoms with Gasteiger partial charge in [-0.2, -0.15) is 5.26 Å². The molecule has 1 aromatic heterocycles. The summed E-state index contributed by atoms with van der Waals surface area (Å²) in [6, 6.07) is 5.70. The van der Waals surface area contributed by atoms with Gasteiger partial charge in [0.1, 0.15) is 24.5 Å². The van der Waals surface area contributed by atoms with Crippen LogP contribution in [0.1, 0.15) is 12.0 Å². The SMILES string of the molecule is COC[C@@H](O)COc1cc2ncc(C#N)c(N3OC45CC46OC6=CC=C35)c2cc1OC. The predicted octanol–water partition coefficient (Wildman–Crippen LogP) is 1.95. The van der Waals surface area contributed by atoms with Crippen molar-refractivity contribution in [2.45, 2.75) is 23.7 Å². The van der Waals surface area contributed by atoms with Crippen LogP contribution in [0.4, 0.5) is 5.69 Å². The van der Waals surface area contributed by atoms with Gasteiger partial charge in [-0.15, -0.1) is 0 Å². The lowest BCUT2D eigenvalue weighted by molar-refractivity contribution is -0.0487. The summed E-state index contributed by atoms with van der Waals surface area (Å²) in [5.74, 6) is 1.86. The van der Waals surface area contributed by atoms with Gasteiger partial charge >= 0.3 is 0 Å². The van der Waals surface area contributed by atoms with Crippen LogP contribution < -0.4 is 14.5 Å². The van der Waals surface area contributed by atoms with Crippen LogP contribution in [0.3, 0.4) is 0 Å². The zero-order valence-electron chi connectivity index (χ0n) is 16.9. The second-order valence-electron chi connectivity index (χ2n) is 7.97. The number of ether oxygens (including phenoxy) is 4. The average molecular weight is 421 g/mol. The van der Waals surface area contributed by atoms with Gasteiger partial charge < -0.3 is 24.1 Å². The number of hydroxylamine groups is 1. The molecule has 2 aliphatic carbocycles. The molecule has 3 fully saturated rings. The summed E-state index contributed by atoms with van der Waals surface area (Å²) in [6.07, 6.45) is 5.49. The van der Waals surface area contributed by atoms with Gasteiger partial charge in [-0.25, -0.2) is 5.06 Å². The van der Waals surface area contributed by atoms with E-state index in [4.69, 9.17) is 23.8 Å². The second-order valence-corrected chi connectivity index (χ2v) is 7.97. The molecule has 9 nitrogen and oxygen atoms in total. The van der Waals surface area contributed by atoms with Crippen molar-refractivity contribution in [3.8, 4) is 17.6 Å². The fraction of sp³-hybridized carbons (Fsp3) is 0.364. The van der Waals surface area contributed by atoms with E-state index in [-0.39, 0.29) is 18.8 Å². The number of allylic oxidation sites excluding steroid dienone is 2. The molecule has 2 saturated heterocycles. The average Bonchev–Trinajstić information content (AvgIpc) is 3.65. The molecule has 2 aliphatic heterocycles. The lowest BCUT2D eigenvalue weighted by atomic mass is 10.0. The third-order valence-corrected chi connectivity index (χ3v) is 6.18. The Kier molecular flexibility index (Phi) is 3.63. The summed E-state index contributed by atoms with van der Waals surface area (Å²) in [5, 5.41) is 22.0. The first-order valence-corrected chi connectivity index (χ1v) is 9.89. The van der Waals surface area contributed by atoms with Crippen molar-refractivity contribution >= 4 is 16.6 Å². The van der Waals surface area contributed by atoms with Crippen molar-refractivity contribution in [1.82, 2.24) is 4.98 Å². The maximum absolute atomic E-state index is 9.89. The molecule has 4 aliphatic rings. The van der Waals surface area contributed by atoms with Crippen LogP contribution in [0.25, 0.3) is 10.9 Å². The van der Waals surface area contributed by atoms with Crippen molar-refractivity contribution in [3.63, 3.8) is 0 Å². The molecule has 3 atom stereocenters. The lowest BCUT2D eigenvalue weighted by Crippen LogP contribution is -2.51. The normalized spacial score (nSPS) is 27.4. The van der Waals surface area contributed by atoms with E-state index in [2.05, 4.69) is 11.1 Å². The van der Waals surface area contributed by atoms with Gasteiger partial charge in [0.05, 0.1) is 36.2 Å². The van der Waals surface area contributed by atoms with E-state index in [0.29, 0.717) is 33.7 Å².